The molecule has 1 saturated heterocycles. The van der Waals surface area contributed by atoms with Crippen LogP contribution in [-0.4, -0.2) is 54.2 Å². The fourth-order valence-corrected chi connectivity index (χ4v) is 4.86. The molecule has 4 heterocycles. The van der Waals surface area contributed by atoms with Gasteiger partial charge >= 0.3 is 6.09 Å². The molecule has 0 bridgehead atoms. The molecule has 1 atom stereocenters. The minimum Gasteiger partial charge on any atom is -0.444 e. The van der Waals surface area contributed by atoms with Gasteiger partial charge in [-0.3, -0.25) is 9.36 Å². The molecule has 2 N–H and O–H groups in total. The summed E-state index contributed by atoms with van der Waals surface area (Å²) in [5.74, 6) is 6.79. The van der Waals surface area contributed by atoms with Gasteiger partial charge in [-0.2, -0.15) is 10.2 Å². The number of benzene rings is 1. The number of hydrogen-bond acceptors (Lipinski definition) is 6. The molecule has 36 heavy (non-hydrogen) atoms. The second-order valence-corrected chi connectivity index (χ2v) is 10.7. The maximum atomic E-state index is 12.6. The smallest absolute Gasteiger partial charge is 0.410 e. The number of carbonyl (C=O) groups excluding carboxylic acids is 1. The van der Waals surface area contributed by atoms with Crippen LogP contribution in [0.4, 0.5) is 10.6 Å². The van der Waals surface area contributed by atoms with Crippen LogP contribution in [0.1, 0.15) is 51.4 Å². The Morgan fingerprint density at radius 3 is 2.83 bits per heavy atom. The largest absolute Gasteiger partial charge is 0.444 e. The number of likely N-dealkylation sites (tertiary alicyclic amines) is 1. The summed E-state index contributed by atoms with van der Waals surface area (Å²) >= 11 is 3.62. The number of rotatable bonds is 2. The lowest BCUT2D eigenvalue weighted by Crippen LogP contribution is -2.35. The van der Waals surface area contributed by atoms with Crippen molar-refractivity contribution in [3.05, 3.63) is 46.3 Å². The Kier molecular flexibility index (Phi) is 6.12. The molecule has 0 aliphatic carbocycles. The van der Waals surface area contributed by atoms with E-state index in [-0.39, 0.29) is 12.1 Å². The van der Waals surface area contributed by atoms with Crippen LogP contribution < -0.4 is 5.73 Å². The predicted molar refractivity (Wildman–Crippen MR) is 142 cm³/mol. The molecule has 0 unspecified atom stereocenters. The van der Waals surface area contributed by atoms with Crippen molar-refractivity contribution in [1.29, 1.82) is 0 Å². The van der Waals surface area contributed by atoms with E-state index in [2.05, 4.69) is 44.8 Å². The Balaban J connectivity index is 1.50. The summed E-state index contributed by atoms with van der Waals surface area (Å²) < 4.78 is 10.2. The molecule has 1 amide bonds. The van der Waals surface area contributed by atoms with Crippen LogP contribution in [-0.2, 0) is 11.3 Å². The number of halogens is 1. The Morgan fingerprint density at radius 1 is 1.28 bits per heavy atom. The van der Waals surface area contributed by atoms with Crippen LogP contribution in [0.3, 0.4) is 0 Å². The van der Waals surface area contributed by atoms with Gasteiger partial charge in [0.05, 0.1) is 26.9 Å². The summed E-state index contributed by atoms with van der Waals surface area (Å²) in [4.78, 5) is 18.6. The first-order chi connectivity index (χ1) is 17.1. The number of aryl methyl sites for hydroxylation is 1. The van der Waals surface area contributed by atoms with E-state index in [9.17, 15) is 4.79 Å². The average molecular weight is 550 g/mol. The lowest BCUT2D eigenvalue weighted by atomic mass is 10.1. The topological polar surface area (TPSA) is 104 Å². The number of carbonyl (C=O) groups is 1. The van der Waals surface area contributed by atoms with Crippen molar-refractivity contribution in [3.8, 4) is 11.8 Å². The Labute approximate surface area is 217 Å². The first-order valence-corrected chi connectivity index (χ1v) is 12.7. The molecule has 0 spiro atoms. The van der Waals surface area contributed by atoms with Crippen LogP contribution in [0.2, 0.25) is 0 Å². The number of amides is 1. The molecule has 0 radical (unpaired) electrons. The van der Waals surface area contributed by atoms with Gasteiger partial charge < -0.3 is 15.4 Å². The first kappa shape index (κ1) is 24.1. The van der Waals surface area contributed by atoms with E-state index in [4.69, 9.17) is 15.6 Å². The van der Waals surface area contributed by atoms with E-state index in [0.29, 0.717) is 30.0 Å². The van der Waals surface area contributed by atoms with Crippen molar-refractivity contribution in [2.75, 3.05) is 18.8 Å². The van der Waals surface area contributed by atoms with Crippen LogP contribution in [0, 0.1) is 11.8 Å². The van der Waals surface area contributed by atoms with Gasteiger partial charge in [0.2, 0.25) is 0 Å². The third-order valence-electron chi connectivity index (χ3n) is 6.07. The highest BCUT2D eigenvalue weighted by Gasteiger charge is 2.33. The second-order valence-electron chi connectivity index (χ2n) is 9.89. The fraction of sp³-hybridized carbons (Fsp3) is 0.385. The minimum absolute atomic E-state index is 0.0389. The number of aromatic nitrogens is 5. The molecule has 10 heteroatoms. The standard InChI is InChI=1S/C26H28BrN7O2/c1-5-33-14-17-8-6-16(12-21(17)30-33)7-9-20-22-23(19(27)13-29-24(22)28)34(31-20)18-10-11-32(15-18)25(35)36-26(2,3)4/h6,8,12-14,18H,5,10-11,15H2,1-4H3,(H2,28,29)/t18-/m0/s1. The lowest BCUT2D eigenvalue weighted by Gasteiger charge is -2.24. The molecule has 186 valence electrons. The molecule has 3 aromatic heterocycles. The molecule has 0 saturated carbocycles. The maximum absolute atomic E-state index is 12.6. The molecule has 5 rings (SSSR count). The third kappa shape index (κ3) is 4.63. The molecule has 1 aliphatic heterocycles. The number of anilines is 1. The minimum atomic E-state index is -0.544. The van der Waals surface area contributed by atoms with E-state index in [1.807, 2.05) is 54.5 Å². The van der Waals surface area contributed by atoms with Gasteiger partial charge in [0, 0.05) is 43.0 Å². The second kappa shape index (κ2) is 9.13. The Morgan fingerprint density at radius 2 is 2.08 bits per heavy atom. The van der Waals surface area contributed by atoms with Crippen molar-refractivity contribution >= 4 is 49.6 Å². The quantitative estimate of drug-likeness (QED) is 0.362. The number of ether oxygens (including phenoxy) is 1. The summed E-state index contributed by atoms with van der Waals surface area (Å²) in [7, 11) is 0. The summed E-state index contributed by atoms with van der Waals surface area (Å²) in [5, 5.41) is 11.2. The molecular weight excluding hydrogens is 522 g/mol. The number of nitrogen functional groups attached to an aromatic ring is 1. The molecule has 1 fully saturated rings. The predicted octanol–water partition coefficient (Wildman–Crippen LogP) is 4.73. The van der Waals surface area contributed by atoms with Gasteiger partial charge in [-0.25, -0.2) is 9.78 Å². The third-order valence-corrected chi connectivity index (χ3v) is 6.66. The zero-order valence-electron chi connectivity index (χ0n) is 20.7. The summed E-state index contributed by atoms with van der Waals surface area (Å²) in [6.07, 6.45) is 4.12. The fourth-order valence-electron chi connectivity index (χ4n) is 4.38. The van der Waals surface area contributed by atoms with E-state index in [1.165, 1.54) is 0 Å². The molecule has 1 aliphatic rings. The van der Waals surface area contributed by atoms with Crippen molar-refractivity contribution in [1.82, 2.24) is 29.4 Å². The van der Waals surface area contributed by atoms with Gasteiger partial charge in [-0.15, -0.1) is 0 Å². The SMILES string of the molecule is CCn1cc2ccc(C#Cc3nn([C@H]4CCN(C(=O)OC(C)(C)C)C4)c4c(Br)cnc(N)c34)cc2n1. The van der Waals surface area contributed by atoms with E-state index in [1.54, 1.807) is 11.1 Å². The maximum Gasteiger partial charge on any atom is 0.410 e. The van der Waals surface area contributed by atoms with E-state index >= 15 is 0 Å². The van der Waals surface area contributed by atoms with Crippen LogP contribution in [0.5, 0.6) is 0 Å². The normalized spacial score (nSPS) is 15.9. The number of nitrogens with zero attached hydrogens (tertiary/aromatic N) is 6. The zero-order valence-corrected chi connectivity index (χ0v) is 22.3. The Bertz CT molecular complexity index is 1540. The number of nitrogens with two attached hydrogens (primary N) is 1. The van der Waals surface area contributed by atoms with Crippen molar-refractivity contribution < 1.29 is 9.53 Å². The summed E-state index contributed by atoms with van der Waals surface area (Å²) in [6, 6.07) is 5.93. The van der Waals surface area contributed by atoms with Crippen LogP contribution in [0.25, 0.3) is 21.8 Å². The summed E-state index contributed by atoms with van der Waals surface area (Å²) in [5.41, 5.74) is 8.85. The van der Waals surface area contributed by atoms with Gasteiger partial charge in [0.25, 0.3) is 0 Å². The molecule has 1 aromatic carbocycles. The van der Waals surface area contributed by atoms with Crippen molar-refractivity contribution in [3.63, 3.8) is 0 Å². The highest BCUT2D eigenvalue weighted by Crippen LogP contribution is 2.34. The average Bonchev–Trinajstić information content (AvgIpc) is 3.55. The summed E-state index contributed by atoms with van der Waals surface area (Å²) in [6.45, 7) is 9.54. The van der Waals surface area contributed by atoms with Crippen molar-refractivity contribution in [2.24, 2.45) is 0 Å². The van der Waals surface area contributed by atoms with E-state index < -0.39 is 5.60 Å². The zero-order chi connectivity index (χ0) is 25.6. The lowest BCUT2D eigenvalue weighted by molar-refractivity contribution is 0.0288. The number of fused-ring (bicyclic) bond motifs is 2. The number of hydrogen-bond donors (Lipinski definition) is 1. The first-order valence-electron chi connectivity index (χ1n) is 11.9. The molecule has 4 aromatic rings. The monoisotopic (exact) mass is 549 g/mol. The molecule has 9 nitrogen and oxygen atoms in total. The molecular formula is C26H28BrN7O2. The van der Waals surface area contributed by atoms with E-state index in [0.717, 1.165) is 39.4 Å². The van der Waals surface area contributed by atoms with Crippen molar-refractivity contribution in [2.45, 2.75) is 52.3 Å². The van der Waals surface area contributed by atoms with Gasteiger partial charge in [0.1, 0.15) is 17.1 Å². The van der Waals surface area contributed by atoms with Gasteiger partial charge in [-0.05, 0) is 74.2 Å². The van der Waals surface area contributed by atoms with Gasteiger partial charge in [-0.1, -0.05) is 5.92 Å². The Hall–Kier alpha value is -3.58. The highest BCUT2D eigenvalue weighted by molar-refractivity contribution is 9.10. The van der Waals surface area contributed by atoms with Crippen LogP contribution in [0.15, 0.2) is 35.1 Å². The highest BCUT2D eigenvalue weighted by atomic mass is 79.9. The number of pyridine rings is 1. The van der Waals surface area contributed by atoms with Crippen LogP contribution >= 0.6 is 15.9 Å². The van der Waals surface area contributed by atoms with Gasteiger partial charge in [0.15, 0.2) is 0 Å².